The number of hydrogen-bond donors (Lipinski definition) is 1. The van der Waals surface area contributed by atoms with Crippen molar-refractivity contribution >= 4 is 5.78 Å². The van der Waals surface area contributed by atoms with Gasteiger partial charge in [0.15, 0.2) is 5.78 Å². The van der Waals surface area contributed by atoms with Crippen LogP contribution in [-0.4, -0.2) is 17.0 Å². The van der Waals surface area contributed by atoms with Gasteiger partial charge in [-0.15, -0.1) is 0 Å². The molecule has 114 valence electrons. The molecule has 1 N–H and O–H groups in total. The highest BCUT2D eigenvalue weighted by atomic mass is 16.3. The number of carbonyl (C=O) groups is 1. The minimum atomic E-state index is -0.807. The fraction of sp³-hybridized carbons (Fsp3) is 0.722. The molecule has 0 amide bonds. The van der Waals surface area contributed by atoms with Gasteiger partial charge < -0.3 is 5.11 Å². The molecule has 2 heteroatoms. The molecule has 0 spiro atoms. The smallest absolute Gasteiger partial charge is 0.161 e. The Kier molecular flexibility index (Phi) is 8.52. The van der Waals surface area contributed by atoms with Crippen molar-refractivity contribution in [2.24, 2.45) is 11.8 Å². The van der Waals surface area contributed by atoms with E-state index >= 15 is 0 Å². The zero-order valence-electron chi connectivity index (χ0n) is 13.1. The first-order valence-corrected chi connectivity index (χ1v) is 8.13. The van der Waals surface area contributed by atoms with Gasteiger partial charge in [0.2, 0.25) is 0 Å². The molecule has 20 heavy (non-hydrogen) atoms. The SMILES string of the molecule is CC1/C=C/CCCCCC/C=C/C(C)CC(O)C(=O)C1. The number of carbonyl (C=O) groups excluding carboxylic acids is 1. The molecular weight excluding hydrogens is 248 g/mol. The van der Waals surface area contributed by atoms with Gasteiger partial charge in [-0.3, -0.25) is 4.79 Å². The molecule has 3 atom stereocenters. The van der Waals surface area contributed by atoms with Gasteiger partial charge in [0.05, 0.1) is 0 Å². The fourth-order valence-corrected chi connectivity index (χ4v) is 2.62. The molecule has 0 aromatic rings. The van der Waals surface area contributed by atoms with Crippen LogP contribution in [0.5, 0.6) is 0 Å². The zero-order valence-corrected chi connectivity index (χ0v) is 13.1. The maximum Gasteiger partial charge on any atom is 0.161 e. The molecule has 2 nitrogen and oxygen atoms in total. The second-order valence-corrected chi connectivity index (χ2v) is 6.22. The average Bonchev–Trinajstić information content (AvgIpc) is 2.39. The summed E-state index contributed by atoms with van der Waals surface area (Å²) >= 11 is 0. The highest BCUT2D eigenvalue weighted by Crippen LogP contribution is 2.15. The van der Waals surface area contributed by atoms with Gasteiger partial charge in [-0.25, -0.2) is 0 Å². The van der Waals surface area contributed by atoms with Crippen LogP contribution < -0.4 is 0 Å². The van der Waals surface area contributed by atoms with Gasteiger partial charge in [0.1, 0.15) is 6.10 Å². The predicted octanol–water partition coefficient (Wildman–Crippen LogP) is 4.44. The molecule has 1 rings (SSSR count). The van der Waals surface area contributed by atoms with E-state index in [-0.39, 0.29) is 17.6 Å². The van der Waals surface area contributed by atoms with Crippen LogP contribution in [0.2, 0.25) is 0 Å². The molecule has 0 saturated heterocycles. The molecule has 0 radical (unpaired) electrons. The van der Waals surface area contributed by atoms with Crippen LogP contribution in [0.4, 0.5) is 0 Å². The van der Waals surface area contributed by atoms with E-state index in [4.69, 9.17) is 0 Å². The van der Waals surface area contributed by atoms with Crippen LogP contribution in [0.1, 0.15) is 65.2 Å². The van der Waals surface area contributed by atoms with Crippen molar-refractivity contribution in [3.8, 4) is 0 Å². The lowest BCUT2D eigenvalue weighted by Crippen LogP contribution is -2.23. The zero-order chi connectivity index (χ0) is 14.8. The molecular formula is C18H30O2. The molecule has 0 aliphatic heterocycles. The Labute approximate surface area is 124 Å². The van der Waals surface area contributed by atoms with Crippen LogP contribution in [-0.2, 0) is 4.79 Å². The van der Waals surface area contributed by atoms with Crippen molar-refractivity contribution in [3.05, 3.63) is 24.3 Å². The van der Waals surface area contributed by atoms with Crippen LogP contribution in [0.15, 0.2) is 24.3 Å². The van der Waals surface area contributed by atoms with E-state index in [2.05, 4.69) is 31.2 Å². The Morgan fingerprint density at radius 1 is 0.950 bits per heavy atom. The summed E-state index contributed by atoms with van der Waals surface area (Å²) in [6, 6.07) is 0. The van der Waals surface area contributed by atoms with Crippen LogP contribution in [0.3, 0.4) is 0 Å². The third kappa shape index (κ3) is 7.64. The minimum Gasteiger partial charge on any atom is -0.385 e. The first-order valence-electron chi connectivity index (χ1n) is 8.13. The number of aliphatic hydroxyl groups excluding tert-OH is 1. The Bertz CT molecular complexity index is 330. The predicted molar refractivity (Wildman–Crippen MR) is 84.6 cm³/mol. The van der Waals surface area contributed by atoms with E-state index in [1.165, 1.54) is 25.7 Å². The number of hydrogen-bond acceptors (Lipinski definition) is 2. The van der Waals surface area contributed by atoms with Crippen LogP contribution >= 0.6 is 0 Å². The highest BCUT2D eigenvalue weighted by Gasteiger charge is 2.18. The monoisotopic (exact) mass is 278 g/mol. The van der Waals surface area contributed by atoms with Crippen molar-refractivity contribution in [1.29, 1.82) is 0 Å². The summed E-state index contributed by atoms with van der Waals surface area (Å²) in [5.41, 5.74) is 0. The number of ketones is 1. The van der Waals surface area contributed by atoms with Crippen LogP contribution in [0.25, 0.3) is 0 Å². The molecule has 0 aromatic carbocycles. The summed E-state index contributed by atoms with van der Waals surface area (Å²) < 4.78 is 0. The number of allylic oxidation sites excluding steroid dienone is 4. The normalized spacial score (nSPS) is 34.5. The summed E-state index contributed by atoms with van der Waals surface area (Å²) in [6.45, 7) is 4.12. The standard InChI is InChI=1S/C18H30O2/c1-15-11-9-7-5-3-4-6-8-10-12-16(2)14-18(20)17(19)13-15/h9-12,15-17,19H,3-8,13-14H2,1-2H3/b11-9+,12-10+. The number of aliphatic hydroxyl groups is 1. The van der Waals surface area contributed by atoms with Gasteiger partial charge in [-0.2, -0.15) is 0 Å². The van der Waals surface area contributed by atoms with Crippen molar-refractivity contribution in [3.63, 3.8) is 0 Å². The number of Topliss-reactive ketones (excluding diaryl/α,β-unsaturated/α-hetero) is 1. The quantitative estimate of drug-likeness (QED) is 0.665. The minimum absolute atomic E-state index is 0.0190. The average molecular weight is 278 g/mol. The van der Waals surface area contributed by atoms with Gasteiger partial charge in [0.25, 0.3) is 0 Å². The Morgan fingerprint density at radius 3 is 2.10 bits per heavy atom. The lowest BCUT2D eigenvalue weighted by atomic mass is 9.94. The Morgan fingerprint density at radius 2 is 1.50 bits per heavy atom. The van der Waals surface area contributed by atoms with Gasteiger partial charge in [-0.1, -0.05) is 51.0 Å². The first-order chi connectivity index (χ1) is 9.59. The Hall–Kier alpha value is -0.890. The summed E-state index contributed by atoms with van der Waals surface area (Å²) in [4.78, 5) is 12.0. The molecule has 0 fully saturated rings. The highest BCUT2D eigenvalue weighted by molar-refractivity contribution is 5.83. The van der Waals surface area contributed by atoms with Crippen LogP contribution in [0, 0.1) is 11.8 Å². The molecule has 0 saturated carbocycles. The molecule has 0 heterocycles. The van der Waals surface area contributed by atoms with Crippen molar-refractivity contribution < 1.29 is 9.90 Å². The topological polar surface area (TPSA) is 37.3 Å². The third-order valence-electron chi connectivity index (χ3n) is 3.91. The van der Waals surface area contributed by atoms with Gasteiger partial charge in [0, 0.05) is 6.42 Å². The van der Waals surface area contributed by atoms with E-state index in [0.29, 0.717) is 12.8 Å². The maximum atomic E-state index is 12.0. The Balaban J connectivity index is 2.56. The van der Waals surface area contributed by atoms with E-state index < -0.39 is 6.10 Å². The van der Waals surface area contributed by atoms with Crippen molar-refractivity contribution in [2.45, 2.75) is 71.3 Å². The molecule has 1 aliphatic rings. The molecule has 0 bridgehead atoms. The molecule has 0 aromatic heterocycles. The molecule has 1 aliphatic carbocycles. The van der Waals surface area contributed by atoms with E-state index in [9.17, 15) is 9.90 Å². The summed E-state index contributed by atoms with van der Waals surface area (Å²) in [5, 5.41) is 9.97. The maximum absolute atomic E-state index is 12.0. The van der Waals surface area contributed by atoms with Crippen molar-refractivity contribution in [2.75, 3.05) is 0 Å². The number of rotatable bonds is 0. The van der Waals surface area contributed by atoms with E-state index in [1.807, 2.05) is 6.92 Å². The second kappa shape index (κ2) is 9.93. The van der Waals surface area contributed by atoms with E-state index in [1.54, 1.807) is 0 Å². The first kappa shape index (κ1) is 17.2. The lowest BCUT2D eigenvalue weighted by molar-refractivity contribution is -0.128. The lowest BCUT2D eigenvalue weighted by Gasteiger charge is -2.14. The third-order valence-corrected chi connectivity index (χ3v) is 3.91. The van der Waals surface area contributed by atoms with Gasteiger partial charge >= 0.3 is 0 Å². The fourth-order valence-electron chi connectivity index (χ4n) is 2.62. The summed E-state index contributed by atoms with van der Waals surface area (Å²) in [5.74, 6) is 0.484. The largest absolute Gasteiger partial charge is 0.385 e. The molecule has 3 unspecified atom stereocenters. The van der Waals surface area contributed by atoms with Gasteiger partial charge in [-0.05, 0) is 43.9 Å². The summed E-state index contributed by atoms with van der Waals surface area (Å²) in [6.07, 6.45) is 16.1. The summed E-state index contributed by atoms with van der Waals surface area (Å²) in [7, 11) is 0. The second-order valence-electron chi connectivity index (χ2n) is 6.22. The van der Waals surface area contributed by atoms with Crippen molar-refractivity contribution in [1.82, 2.24) is 0 Å². The van der Waals surface area contributed by atoms with E-state index in [0.717, 1.165) is 12.8 Å².